The van der Waals surface area contributed by atoms with Crippen LogP contribution in [0.25, 0.3) is 0 Å². The summed E-state index contributed by atoms with van der Waals surface area (Å²) in [6, 6.07) is -0.310. The number of amides is 1. The smallest absolute Gasteiger partial charge is 0.543 e. The summed E-state index contributed by atoms with van der Waals surface area (Å²) in [6.07, 6.45) is -0.807. The van der Waals surface area contributed by atoms with Gasteiger partial charge in [-0.15, -0.1) is 23.1 Å². The van der Waals surface area contributed by atoms with Gasteiger partial charge in [-0.3, -0.25) is 4.79 Å². The number of anilines is 1. The molecule has 1 amide bonds. The molecule has 2 fully saturated rings. The van der Waals surface area contributed by atoms with E-state index in [0.29, 0.717) is 10.6 Å². The fourth-order valence-electron chi connectivity index (χ4n) is 4.03. The fourth-order valence-corrected chi connectivity index (χ4v) is 6.38. The quantitative estimate of drug-likeness (QED) is 0.349. The minimum Gasteiger partial charge on any atom is -0.543 e. The molecule has 28 heavy (non-hydrogen) atoms. The van der Waals surface area contributed by atoms with Crippen molar-refractivity contribution in [3.8, 4) is 0 Å². The molecule has 4 rings (SSSR count). The molecular formula is C17H20N3NaO5S2. The van der Waals surface area contributed by atoms with Crippen LogP contribution in [0.1, 0.15) is 19.5 Å². The van der Waals surface area contributed by atoms with E-state index < -0.39 is 18.0 Å². The number of rotatable bonds is 6. The maximum Gasteiger partial charge on any atom is 1.00 e. The predicted molar refractivity (Wildman–Crippen MR) is 98.6 cm³/mol. The van der Waals surface area contributed by atoms with Crippen LogP contribution in [0.3, 0.4) is 0 Å². The molecule has 0 bridgehead atoms. The molecule has 0 aromatic carbocycles. The van der Waals surface area contributed by atoms with E-state index in [9.17, 15) is 19.8 Å². The Kier molecular flexibility index (Phi) is 6.51. The zero-order chi connectivity index (χ0) is 19.5. The van der Waals surface area contributed by atoms with Gasteiger partial charge in [0.05, 0.1) is 42.0 Å². The summed E-state index contributed by atoms with van der Waals surface area (Å²) < 4.78 is 0. The first-order valence-corrected chi connectivity index (χ1v) is 10.5. The standard InChI is InChI=1S/C17H21N3O5S2.Na/c1-7-12-11(8(2)22)15(23)20(12)13(16(24)25)14(7)27-10-3-19(4-10)17-18-9(5-21)6-26-17;/h6-8,10-12,21-22H,3-5H2,1-2H3,(H,24,25);/q;+1/p-1/t7-,8?,11?,12?;/m1./s1. The number of aliphatic hydroxyl groups is 2. The molecule has 3 aliphatic heterocycles. The van der Waals surface area contributed by atoms with Crippen LogP contribution in [0, 0.1) is 11.8 Å². The molecule has 146 valence electrons. The Labute approximate surface area is 192 Å². The fraction of sp³-hybridized carbons (Fsp3) is 0.588. The van der Waals surface area contributed by atoms with Gasteiger partial charge in [0.25, 0.3) is 0 Å². The minimum atomic E-state index is -1.34. The van der Waals surface area contributed by atoms with Gasteiger partial charge < -0.3 is 29.9 Å². The maximum atomic E-state index is 12.3. The Bertz CT molecular complexity index is 823. The number of carbonyl (C=O) groups is 2. The Morgan fingerprint density at radius 1 is 1.50 bits per heavy atom. The molecule has 0 saturated carbocycles. The topological polar surface area (TPSA) is 117 Å². The van der Waals surface area contributed by atoms with Gasteiger partial charge in [-0.25, -0.2) is 4.98 Å². The van der Waals surface area contributed by atoms with Crippen molar-refractivity contribution in [3.05, 3.63) is 21.7 Å². The molecule has 4 heterocycles. The summed E-state index contributed by atoms with van der Waals surface area (Å²) in [5.41, 5.74) is 0.610. The van der Waals surface area contributed by atoms with Crippen molar-refractivity contribution in [3.63, 3.8) is 0 Å². The third-order valence-corrected chi connectivity index (χ3v) is 7.82. The molecule has 11 heteroatoms. The van der Waals surface area contributed by atoms with E-state index in [-0.39, 0.29) is 65.0 Å². The summed E-state index contributed by atoms with van der Waals surface area (Å²) in [4.78, 5) is 32.4. The third kappa shape index (κ3) is 3.42. The Morgan fingerprint density at radius 3 is 2.71 bits per heavy atom. The van der Waals surface area contributed by atoms with Crippen LogP contribution < -0.4 is 39.6 Å². The van der Waals surface area contributed by atoms with Gasteiger partial charge in [0.2, 0.25) is 5.91 Å². The first-order chi connectivity index (χ1) is 12.8. The first kappa shape index (κ1) is 22.1. The molecule has 0 aliphatic carbocycles. The molecule has 8 nitrogen and oxygen atoms in total. The number of thiazole rings is 1. The normalized spacial score (nSPS) is 27.9. The summed E-state index contributed by atoms with van der Waals surface area (Å²) in [5.74, 6) is -2.38. The van der Waals surface area contributed by atoms with Crippen molar-refractivity contribution < 1.29 is 54.5 Å². The SMILES string of the molecule is CC(O)C1C(=O)N2C(C(=O)[O-])=C(SC3CN(c4nc(CO)cs4)C3)[C@H](C)C12.[Na+]. The van der Waals surface area contributed by atoms with E-state index in [1.165, 1.54) is 28.0 Å². The summed E-state index contributed by atoms with van der Waals surface area (Å²) >= 11 is 2.95. The van der Waals surface area contributed by atoms with Crippen LogP contribution in [0.5, 0.6) is 0 Å². The molecule has 0 radical (unpaired) electrons. The third-order valence-electron chi connectivity index (χ3n) is 5.42. The van der Waals surface area contributed by atoms with E-state index in [2.05, 4.69) is 9.88 Å². The number of carboxylic acid groups (broad SMARTS) is 1. The Morgan fingerprint density at radius 2 is 2.18 bits per heavy atom. The second-order valence-electron chi connectivity index (χ2n) is 7.18. The zero-order valence-corrected chi connectivity index (χ0v) is 19.5. The summed E-state index contributed by atoms with van der Waals surface area (Å²) in [5, 5.41) is 33.5. The van der Waals surface area contributed by atoms with Crippen LogP contribution in [0.4, 0.5) is 5.13 Å². The largest absolute Gasteiger partial charge is 1.00 e. The number of aliphatic carboxylic acids is 1. The molecule has 0 spiro atoms. The molecule has 1 aromatic heterocycles. The van der Waals surface area contributed by atoms with Crippen molar-refractivity contribution in [2.75, 3.05) is 18.0 Å². The summed E-state index contributed by atoms with van der Waals surface area (Å²) in [7, 11) is 0. The van der Waals surface area contributed by atoms with Crippen molar-refractivity contribution in [1.29, 1.82) is 0 Å². The van der Waals surface area contributed by atoms with Crippen LogP contribution in [-0.4, -0.2) is 62.5 Å². The average molecular weight is 433 g/mol. The van der Waals surface area contributed by atoms with Crippen molar-refractivity contribution in [2.45, 2.75) is 37.9 Å². The number of carboxylic acids is 1. The average Bonchev–Trinajstić information content (AvgIpc) is 3.12. The van der Waals surface area contributed by atoms with Crippen molar-refractivity contribution in [2.24, 2.45) is 11.8 Å². The number of carbonyl (C=O) groups excluding carboxylic acids is 2. The van der Waals surface area contributed by atoms with E-state index in [4.69, 9.17) is 5.11 Å². The Balaban J connectivity index is 0.00000225. The molecule has 3 unspecified atom stereocenters. The predicted octanol–water partition coefficient (Wildman–Crippen LogP) is -3.62. The van der Waals surface area contributed by atoms with E-state index in [0.717, 1.165) is 18.2 Å². The second kappa shape index (κ2) is 8.25. The van der Waals surface area contributed by atoms with Crippen LogP contribution >= 0.6 is 23.1 Å². The first-order valence-electron chi connectivity index (χ1n) is 8.77. The van der Waals surface area contributed by atoms with Crippen LogP contribution in [-0.2, 0) is 16.2 Å². The molecule has 1 aromatic rings. The molecule has 3 aliphatic rings. The number of thioether (sulfide) groups is 1. The van der Waals surface area contributed by atoms with Crippen molar-refractivity contribution >= 4 is 40.1 Å². The van der Waals surface area contributed by atoms with Gasteiger partial charge in [-0.1, -0.05) is 6.92 Å². The van der Waals surface area contributed by atoms with E-state index in [1.807, 2.05) is 12.3 Å². The minimum absolute atomic E-state index is 0. The van der Waals surface area contributed by atoms with Gasteiger partial charge in [-0.05, 0) is 6.92 Å². The Hall–Kier alpha value is -0.620. The number of fused-ring (bicyclic) bond motifs is 1. The molecular weight excluding hydrogens is 413 g/mol. The van der Waals surface area contributed by atoms with Gasteiger partial charge in [0, 0.05) is 34.5 Å². The van der Waals surface area contributed by atoms with Gasteiger partial charge in [0.1, 0.15) is 0 Å². The molecule has 2 N–H and O–H groups in total. The van der Waals surface area contributed by atoms with Crippen LogP contribution in [0.2, 0.25) is 0 Å². The van der Waals surface area contributed by atoms with E-state index >= 15 is 0 Å². The maximum absolute atomic E-state index is 12.3. The molecule has 2 saturated heterocycles. The number of nitrogens with zero attached hydrogens (tertiary/aromatic N) is 3. The van der Waals surface area contributed by atoms with Crippen LogP contribution in [0.15, 0.2) is 16.0 Å². The molecule has 4 atom stereocenters. The number of aliphatic hydroxyl groups excluding tert-OH is 2. The van der Waals surface area contributed by atoms with E-state index in [1.54, 1.807) is 6.92 Å². The van der Waals surface area contributed by atoms with Gasteiger partial charge in [0.15, 0.2) is 5.13 Å². The monoisotopic (exact) mass is 433 g/mol. The van der Waals surface area contributed by atoms with Gasteiger partial charge in [-0.2, -0.15) is 0 Å². The number of hydrogen-bond donors (Lipinski definition) is 2. The zero-order valence-electron chi connectivity index (χ0n) is 15.9. The van der Waals surface area contributed by atoms with Crippen molar-refractivity contribution in [1.82, 2.24) is 9.88 Å². The summed E-state index contributed by atoms with van der Waals surface area (Å²) in [6.45, 7) is 4.82. The number of β-lactam (4-membered cyclic amide) rings is 1. The second-order valence-corrected chi connectivity index (χ2v) is 9.36. The number of hydrogen-bond acceptors (Lipinski definition) is 9. The number of aromatic nitrogens is 1. The van der Waals surface area contributed by atoms with Gasteiger partial charge >= 0.3 is 29.6 Å².